The number of piperidine rings is 1. The van der Waals surface area contributed by atoms with Crippen molar-refractivity contribution in [1.29, 1.82) is 0 Å². The smallest absolute Gasteiger partial charge is 0.254 e. The summed E-state index contributed by atoms with van der Waals surface area (Å²) in [6, 6.07) is 10.8. The molecule has 1 unspecified atom stereocenters. The normalized spacial score (nSPS) is 21.0. The van der Waals surface area contributed by atoms with Crippen LogP contribution in [-0.2, 0) is 12.8 Å². The molecule has 0 N–H and O–H groups in total. The van der Waals surface area contributed by atoms with Crippen LogP contribution in [0.25, 0.3) is 0 Å². The van der Waals surface area contributed by atoms with E-state index in [2.05, 4.69) is 40.6 Å². The summed E-state index contributed by atoms with van der Waals surface area (Å²) in [5, 5.41) is 2.12. The number of rotatable bonds is 2. The Bertz CT molecular complexity index is 685. The van der Waals surface area contributed by atoms with Gasteiger partial charge in [0.1, 0.15) is 0 Å². The molecule has 0 saturated carbocycles. The molecule has 23 heavy (non-hydrogen) atoms. The molecule has 120 valence electrons. The summed E-state index contributed by atoms with van der Waals surface area (Å²) >= 11 is 1.80. The summed E-state index contributed by atoms with van der Waals surface area (Å²) in [7, 11) is 0. The first-order valence-electron chi connectivity index (χ1n) is 8.76. The van der Waals surface area contributed by atoms with Crippen molar-refractivity contribution in [2.24, 2.45) is 0 Å². The number of benzene rings is 1. The van der Waals surface area contributed by atoms with E-state index in [0.29, 0.717) is 5.92 Å². The van der Waals surface area contributed by atoms with Gasteiger partial charge in [-0.3, -0.25) is 4.79 Å². The summed E-state index contributed by atoms with van der Waals surface area (Å²) in [4.78, 5) is 16.3. The molecule has 2 aliphatic rings. The second-order valence-corrected chi connectivity index (χ2v) is 7.72. The summed E-state index contributed by atoms with van der Waals surface area (Å²) in [5.74, 6) is 0.889. The number of amides is 1. The van der Waals surface area contributed by atoms with Crippen molar-refractivity contribution in [2.45, 2.75) is 44.4 Å². The topological polar surface area (TPSA) is 20.3 Å². The van der Waals surface area contributed by atoms with Crippen LogP contribution in [0.3, 0.4) is 0 Å². The lowest BCUT2D eigenvalue weighted by Gasteiger charge is -2.28. The largest absolute Gasteiger partial charge is 0.339 e. The molecule has 2 aromatic rings. The lowest BCUT2D eigenvalue weighted by atomic mass is 9.83. The molecule has 0 radical (unpaired) electrons. The van der Waals surface area contributed by atoms with Crippen LogP contribution in [0.15, 0.2) is 35.7 Å². The molecule has 1 amide bonds. The maximum Gasteiger partial charge on any atom is 0.254 e. The standard InChI is InChI=1S/C20H23NOS/c22-20(21-11-5-2-6-12-21)18-14-23-19-13-16(9-10-17(18)19)15-7-3-1-4-8-15/h1,3-4,7-8,14,16H,2,5-6,9-13H2. The number of fused-ring (bicyclic) bond motifs is 1. The third-order valence-corrected chi connectivity index (χ3v) is 6.35. The van der Waals surface area contributed by atoms with E-state index in [1.165, 1.54) is 22.4 Å². The van der Waals surface area contributed by atoms with Gasteiger partial charge in [0.05, 0.1) is 5.56 Å². The second kappa shape index (κ2) is 6.48. The lowest BCUT2D eigenvalue weighted by molar-refractivity contribution is 0.0723. The van der Waals surface area contributed by atoms with E-state index in [9.17, 15) is 4.79 Å². The minimum Gasteiger partial charge on any atom is -0.339 e. The first-order valence-corrected chi connectivity index (χ1v) is 9.64. The number of likely N-dealkylation sites (tertiary alicyclic amines) is 1. The predicted molar refractivity (Wildman–Crippen MR) is 95.3 cm³/mol. The van der Waals surface area contributed by atoms with E-state index in [1.807, 2.05) is 0 Å². The highest BCUT2D eigenvalue weighted by Gasteiger charge is 2.28. The Kier molecular flexibility index (Phi) is 4.21. The summed E-state index contributed by atoms with van der Waals surface area (Å²) in [6.45, 7) is 1.88. The predicted octanol–water partition coefficient (Wildman–Crippen LogP) is 4.65. The van der Waals surface area contributed by atoms with Crippen LogP contribution in [0.4, 0.5) is 0 Å². The SMILES string of the molecule is O=C(c1csc2c1CCC(c1ccccc1)C2)N1CCCCC1. The van der Waals surface area contributed by atoms with Crippen molar-refractivity contribution >= 4 is 17.2 Å². The van der Waals surface area contributed by atoms with Gasteiger partial charge in [-0.1, -0.05) is 30.3 Å². The minimum atomic E-state index is 0.278. The van der Waals surface area contributed by atoms with Gasteiger partial charge in [-0.15, -0.1) is 11.3 Å². The van der Waals surface area contributed by atoms with Gasteiger partial charge < -0.3 is 4.90 Å². The summed E-state index contributed by atoms with van der Waals surface area (Å²) in [6.07, 6.45) is 6.89. The van der Waals surface area contributed by atoms with Crippen LogP contribution in [0.2, 0.25) is 0 Å². The van der Waals surface area contributed by atoms with Crippen molar-refractivity contribution in [1.82, 2.24) is 4.90 Å². The van der Waals surface area contributed by atoms with Gasteiger partial charge in [0, 0.05) is 23.3 Å². The van der Waals surface area contributed by atoms with E-state index in [4.69, 9.17) is 0 Å². The Balaban J connectivity index is 1.54. The molecular formula is C20H23NOS. The van der Waals surface area contributed by atoms with Gasteiger partial charge in [-0.2, -0.15) is 0 Å². The number of carbonyl (C=O) groups excluding carboxylic acids is 1. The van der Waals surface area contributed by atoms with Gasteiger partial charge in [0.25, 0.3) is 5.91 Å². The van der Waals surface area contributed by atoms with Crippen molar-refractivity contribution < 1.29 is 4.79 Å². The fraction of sp³-hybridized carbons (Fsp3) is 0.450. The summed E-state index contributed by atoms with van der Waals surface area (Å²) in [5.41, 5.74) is 3.78. The van der Waals surface area contributed by atoms with Crippen molar-refractivity contribution in [2.75, 3.05) is 13.1 Å². The molecule has 2 nitrogen and oxygen atoms in total. The zero-order valence-electron chi connectivity index (χ0n) is 13.5. The Morgan fingerprint density at radius 1 is 1.09 bits per heavy atom. The van der Waals surface area contributed by atoms with Gasteiger partial charge in [-0.05, 0) is 55.6 Å². The number of carbonyl (C=O) groups is 1. The van der Waals surface area contributed by atoms with Gasteiger partial charge in [-0.25, -0.2) is 0 Å². The van der Waals surface area contributed by atoms with E-state index < -0.39 is 0 Å². The third kappa shape index (κ3) is 2.94. The fourth-order valence-electron chi connectivity index (χ4n) is 3.97. The van der Waals surface area contributed by atoms with Crippen LogP contribution in [0.1, 0.15) is 58.0 Å². The monoisotopic (exact) mass is 325 g/mol. The Morgan fingerprint density at radius 3 is 2.65 bits per heavy atom. The van der Waals surface area contributed by atoms with Crippen molar-refractivity contribution in [3.63, 3.8) is 0 Å². The van der Waals surface area contributed by atoms with E-state index in [-0.39, 0.29) is 5.91 Å². The molecule has 4 rings (SSSR count). The lowest BCUT2D eigenvalue weighted by Crippen LogP contribution is -2.36. The number of hydrogen-bond acceptors (Lipinski definition) is 2. The van der Waals surface area contributed by atoms with E-state index >= 15 is 0 Å². The number of hydrogen-bond donors (Lipinski definition) is 0. The molecule has 1 fully saturated rings. The molecule has 1 saturated heterocycles. The highest BCUT2D eigenvalue weighted by Crippen LogP contribution is 2.38. The molecular weight excluding hydrogens is 302 g/mol. The first-order chi connectivity index (χ1) is 11.3. The number of thiophene rings is 1. The molecule has 0 bridgehead atoms. The van der Waals surface area contributed by atoms with Gasteiger partial charge in [0.2, 0.25) is 0 Å². The van der Waals surface area contributed by atoms with Crippen molar-refractivity contribution in [3.8, 4) is 0 Å². The molecule has 1 aromatic carbocycles. The Labute approximate surface area is 142 Å². The number of nitrogens with zero attached hydrogens (tertiary/aromatic N) is 1. The second-order valence-electron chi connectivity index (χ2n) is 6.75. The van der Waals surface area contributed by atoms with Crippen molar-refractivity contribution in [3.05, 3.63) is 57.3 Å². The van der Waals surface area contributed by atoms with Gasteiger partial charge in [0.15, 0.2) is 0 Å². The highest BCUT2D eigenvalue weighted by molar-refractivity contribution is 7.10. The molecule has 0 spiro atoms. The van der Waals surface area contributed by atoms with Crippen LogP contribution in [-0.4, -0.2) is 23.9 Å². The quantitative estimate of drug-likeness (QED) is 0.787. The zero-order chi connectivity index (χ0) is 15.6. The molecule has 1 aliphatic carbocycles. The Hall–Kier alpha value is -1.61. The molecule has 1 aromatic heterocycles. The van der Waals surface area contributed by atoms with Crippen LogP contribution in [0.5, 0.6) is 0 Å². The zero-order valence-corrected chi connectivity index (χ0v) is 14.3. The molecule has 1 aliphatic heterocycles. The summed E-state index contributed by atoms with van der Waals surface area (Å²) < 4.78 is 0. The maximum atomic E-state index is 12.8. The first kappa shape index (κ1) is 14.9. The van der Waals surface area contributed by atoms with E-state index in [0.717, 1.165) is 50.8 Å². The third-order valence-electron chi connectivity index (χ3n) is 5.30. The molecule has 3 heteroatoms. The van der Waals surface area contributed by atoms with E-state index in [1.54, 1.807) is 11.3 Å². The average Bonchev–Trinajstić information content (AvgIpc) is 3.05. The fourth-order valence-corrected chi connectivity index (χ4v) is 5.12. The van der Waals surface area contributed by atoms with Crippen LogP contribution >= 0.6 is 11.3 Å². The average molecular weight is 325 g/mol. The van der Waals surface area contributed by atoms with Crippen LogP contribution in [0, 0.1) is 0 Å². The van der Waals surface area contributed by atoms with Gasteiger partial charge >= 0.3 is 0 Å². The molecule has 1 atom stereocenters. The molecule has 2 heterocycles. The van der Waals surface area contributed by atoms with Crippen LogP contribution < -0.4 is 0 Å². The Morgan fingerprint density at radius 2 is 1.87 bits per heavy atom. The maximum absolute atomic E-state index is 12.8. The minimum absolute atomic E-state index is 0.278. The highest BCUT2D eigenvalue weighted by atomic mass is 32.1.